The van der Waals surface area contributed by atoms with Gasteiger partial charge in [0, 0.05) is 42.3 Å². The van der Waals surface area contributed by atoms with Gasteiger partial charge in [0.1, 0.15) is 5.78 Å². The third-order valence-corrected chi connectivity index (χ3v) is 5.97. The molecular weight excluding hydrogens is 250 g/mol. The number of carbonyl (C=O) groups excluding carboxylic acids is 2. The molecule has 1 fully saturated rings. The lowest BCUT2D eigenvalue weighted by atomic mass is 9.65. The third-order valence-electron chi connectivity index (χ3n) is 5.97. The quantitative estimate of drug-likeness (QED) is 0.679. The van der Waals surface area contributed by atoms with Crippen LogP contribution in [0.25, 0.3) is 0 Å². The van der Waals surface area contributed by atoms with Crippen molar-refractivity contribution in [1.82, 2.24) is 4.90 Å². The lowest BCUT2D eigenvalue weighted by Gasteiger charge is -2.46. The maximum Gasteiger partial charge on any atom is 0.159 e. The minimum Gasteiger partial charge on any atom is -0.348 e. The molecule has 0 bridgehead atoms. The number of rotatable bonds is 0. The number of Topliss-reactive ketones (excluding diaryl/α,β-unsaturated/α-hetero) is 1. The molecule has 106 valence electrons. The lowest BCUT2D eigenvalue weighted by Crippen LogP contribution is -2.41. The largest absolute Gasteiger partial charge is 0.348 e. The second kappa shape index (κ2) is 4.06. The average molecular weight is 271 g/mol. The summed E-state index contributed by atoms with van der Waals surface area (Å²) in [6.07, 6.45) is 8.33. The average Bonchev–Trinajstić information content (AvgIpc) is 2.74. The molecule has 2 heterocycles. The molecule has 4 aliphatic rings. The maximum atomic E-state index is 12.2. The summed E-state index contributed by atoms with van der Waals surface area (Å²) in [4.78, 5) is 26.2. The number of allylic oxidation sites excluding steroid dienone is 4. The highest BCUT2D eigenvalue weighted by Crippen LogP contribution is 2.55. The number of nitrogens with zero attached hydrogens (tertiary/aromatic N) is 1. The molecule has 4 rings (SSSR count). The van der Waals surface area contributed by atoms with Gasteiger partial charge in [-0.15, -0.1) is 0 Å². The number of fused-ring (bicyclic) bond motifs is 4. The predicted octanol–water partition coefficient (Wildman–Crippen LogP) is 2.97. The van der Waals surface area contributed by atoms with Crippen LogP contribution in [-0.2, 0) is 9.59 Å². The Balaban J connectivity index is 1.76. The predicted molar refractivity (Wildman–Crippen MR) is 75.7 cm³/mol. The zero-order chi connectivity index (χ0) is 13.9. The molecule has 3 heteroatoms. The molecule has 2 atom stereocenters. The van der Waals surface area contributed by atoms with Crippen LogP contribution in [0.3, 0.4) is 0 Å². The highest BCUT2D eigenvalue weighted by molar-refractivity contribution is 5.91. The van der Waals surface area contributed by atoms with Crippen molar-refractivity contribution < 1.29 is 9.59 Å². The summed E-state index contributed by atoms with van der Waals surface area (Å²) >= 11 is 0. The fourth-order valence-electron chi connectivity index (χ4n) is 4.79. The molecule has 2 aliphatic heterocycles. The standard InChI is InChI=1S/C17H21NO2/c1-17-8-6-15-13(14(17)4-5-16(17)20)3-2-11-10-12(19)7-9-18(11)15/h10,14H,2-9H2,1H3/t14-,17-/m0/s1. The van der Waals surface area contributed by atoms with Crippen LogP contribution in [0.1, 0.15) is 51.9 Å². The van der Waals surface area contributed by atoms with Gasteiger partial charge in [-0.25, -0.2) is 0 Å². The number of carbonyl (C=O) groups is 2. The van der Waals surface area contributed by atoms with Crippen molar-refractivity contribution in [3.05, 3.63) is 23.0 Å². The van der Waals surface area contributed by atoms with Gasteiger partial charge >= 0.3 is 0 Å². The van der Waals surface area contributed by atoms with Gasteiger partial charge in [0.05, 0.1) is 0 Å². The van der Waals surface area contributed by atoms with Crippen molar-refractivity contribution in [2.45, 2.75) is 51.9 Å². The Morgan fingerprint density at radius 3 is 2.85 bits per heavy atom. The van der Waals surface area contributed by atoms with Crippen molar-refractivity contribution >= 4 is 11.6 Å². The van der Waals surface area contributed by atoms with Crippen LogP contribution in [-0.4, -0.2) is 23.0 Å². The van der Waals surface area contributed by atoms with Gasteiger partial charge in [-0.3, -0.25) is 9.59 Å². The van der Waals surface area contributed by atoms with Gasteiger partial charge in [0.25, 0.3) is 0 Å². The van der Waals surface area contributed by atoms with E-state index in [1.807, 2.05) is 6.08 Å². The van der Waals surface area contributed by atoms with E-state index in [-0.39, 0.29) is 11.2 Å². The van der Waals surface area contributed by atoms with Crippen molar-refractivity contribution in [3.8, 4) is 0 Å². The van der Waals surface area contributed by atoms with E-state index in [2.05, 4.69) is 11.8 Å². The fraction of sp³-hybridized carbons (Fsp3) is 0.647. The van der Waals surface area contributed by atoms with Crippen molar-refractivity contribution in [2.75, 3.05) is 6.54 Å². The van der Waals surface area contributed by atoms with Gasteiger partial charge in [-0.2, -0.15) is 0 Å². The van der Waals surface area contributed by atoms with E-state index in [0.29, 0.717) is 18.1 Å². The Morgan fingerprint density at radius 2 is 2.00 bits per heavy atom. The maximum absolute atomic E-state index is 12.2. The Bertz CT molecular complexity index is 572. The Hall–Kier alpha value is -1.38. The summed E-state index contributed by atoms with van der Waals surface area (Å²) in [6.45, 7) is 3.03. The van der Waals surface area contributed by atoms with Crippen LogP contribution in [0.15, 0.2) is 23.0 Å². The van der Waals surface area contributed by atoms with E-state index in [4.69, 9.17) is 0 Å². The van der Waals surface area contributed by atoms with Gasteiger partial charge in [-0.1, -0.05) is 6.92 Å². The van der Waals surface area contributed by atoms with Crippen LogP contribution in [0.2, 0.25) is 0 Å². The SMILES string of the molecule is C[C@]12CCC3=C(CCC4=CC(=O)CCN43)[C@@H]1CCC2=O. The van der Waals surface area contributed by atoms with Gasteiger partial charge in [0.15, 0.2) is 5.78 Å². The van der Waals surface area contributed by atoms with Gasteiger partial charge in [0.2, 0.25) is 0 Å². The summed E-state index contributed by atoms with van der Waals surface area (Å²) < 4.78 is 0. The number of ketones is 2. The molecule has 2 aliphatic carbocycles. The molecular formula is C17H21NO2. The topological polar surface area (TPSA) is 37.4 Å². The Labute approximate surface area is 119 Å². The Kier molecular flexibility index (Phi) is 2.51. The molecule has 0 radical (unpaired) electrons. The number of hydrogen-bond acceptors (Lipinski definition) is 3. The Morgan fingerprint density at radius 1 is 1.15 bits per heavy atom. The second-order valence-electron chi connectivity index (χ2n) is 6.91. The van der Waals surface area contributed by atoms with Crippen LogP contribution >= 0.6 is 0 Å². The van der Waals surface area contributed by atoms with Crippen LogP contribution in [0.5, 0.6) is 0 Å². The van der Waals surface area contributed by atoms with Gasteiger partial charge < -0.3 is 4.90 Å². The first-order valence-electron chi connectivity index (χ1n) is 7.86. The van der Waals surface area contributed by atoms with Crippen molar-refractivity contribution in [2.24, 2.45) is 11.3 Å². The lowest BCUT2D eigenvalue weighted by molar-refractivity contribution is -0.126. The van der Waals surface area contributed by atoms with Gasteiger partial charge in [-0.05, 0) is 43.6 Å². The molecule has 20 heavy (non-hydrogen) atoms. The smallest absolute Gasteiger partial charge is 0.159 e. The zero-order valence-electron chi connectivity index (χ0n) is 12.1. The molecule has 1 saturated carbocycles. The second-order valence-corrected chi connectivity index (χ2v) is 6.91. The first-order chi connectivity index (χ1) is 9.59. The molecule has 0 aromatic heterocycles. The summed E-state index contributed by atoms with van der Waals surface area (Å²) in [5.41, 5.74) is 4.11. The first-order valence-corrected chi connectivity index (χ1v) is 7.86. The minimum absolute atomic E-state index is 0.0916. The fourth-order valence-corrected chi connectivity index (χ4v) is 4.79. The molecule has 0 spiro atoms. The van der Waals surface area contributed by atoms with E-state index >= 15 is 0 Å². The highest BCUT2D eigenvalue weighted by Gasteiger charge is 2.51. The minimum atomic E-state index is -0.0916. The van der Waals surface area contributed by atoms with E-state index < -0.39 is 0 Å². The molecule has 0 aromatic carbocycles. The third kappa shape index (κ3) is 1.52. The van der Waals surface area contributed by atoms with E-state index in [0.717, 1.165) is 45.1 Å². The monoisotopic (exact) mass is 271 g/mol. The number of hydrogen-bond donors (Lipinski definition) is 0. The van der Waals surface area contributed by atoms with E-state index in [1.165, 1.54) is 17.0 Å². The first kappa shape index (κ1) is 12.4. The van der Waals surface area contributed by atoms with Crippen LogP contribution < -0.4 is 0 Å². The molecule has 3 nitrogen and oxygen atoms in total. The van der Waals surface area contributed by atoms with Crippen LogP contribution in [0, 0.1) is 11.3 Å². The normalized spacial score (nSPS) is 36.5. The summed E-state index contributed by atoms with van der Waals surface area (Å²) in [5, 5.41) is 0. The molecule has 0 saturated heterocycles. The van der Waals surface area contributed by atoms with E-state index in [1.54, 1.807) is 0 Å². The zero-order valence-corrected chi connectivity index (χ0v) is 12.1. The van der Waals surface area contributed by atoms with E-state index in [9.17, 15) is 9.59 Å². The summed E-state index contributed by atoms with van der Waals surface area (Å²) in [6, 6.07) is 0. The summed E-state index contributed by atoms with van der Waals surface area (Å²) in [7, 11) is 0. The molecule has 0 aromatic rings. The van der Waals surface area contributed by atoms with Crippen molar-refractivity contribution in [3.63, 3.8) is 0 Å². The molecule has 0 N–H and O–H groups in total. The highest BCUT2D eigenvalue weighted by atomic mass is 16.1. The summed E-state index contributed by atoms with van der Waals surface area (Å²) in [5.74, 6) is 1.22. The molecule has 0 unspecified atom stereocenters. The molecule has 0 amide bonds. The van der Waals surface area contributed by atoms with Crippen LogP contribution in [0.4, 0.5) is 0 Å². The van der Waals surface area contributed by atoms with Crippen molar-refractivity contribution in [1.29, 1.82) is 0 Å².